The Labute approximate surface area is 241 Å². The maximum absolute atomic E-state index is 13.9. The molecule has 5 N–H and O–H groups in total. The number of alkyl halides is 3. The molecular weight excluding hydrogens is 578 g/mol. The quantitative estimate of drug-likeness (QED) is 0.152. The highest BCUT2D eigenvalue weighted by atomic mass is 32.2. The molecule has 0 saturated carbocycles. The second kappa shape index (κ2) is 13.1. The number of carbonyl (C=O) groups is 1. The van der Waals surface area contributed by atoms with Crippen molar-refractivity contribution in [2.75, 3.05) is 17.5 Å². The summed E-state index contributed by atoms with van der Waals surface area (Å²) < 4.78 is 77.8. The maximum Gasteiger partial charge on any atom is 0.416 e. The molecule has 0 unspecified atom stereocenters. The number of sulfonamides is 1. The van der Waals surface area contributed by atoms with Crippen molar-refractivity contribution < 1.29 is 41.0 Å². The van der Waals surface area contributed by atoms with Gasteiger partial charge in [-0.05, 0) is 67.3 Å². The number of amides is 1. The van der Waals surface area contributed by atoms with Gasteiger partial charge in [0, 0.05) is 24.2 Å². The van der Waals surface area contributed by atoms with Gasteiger partial charge in [-0.1, -0.05) is 30.3 Å². The summed E-state index contributed by atoms with van der Waals surface area (Å²) in [5, 5.41) is 26.2. The zero-order valence-electron chi connectivity index (χ0n) is 23.2. The summed E-state index contributed by atoms with van der Waals surface area (Å²) in [7, 11) is -3.62. The van der Waals surface area contributed by atoms with Crippen molar-refractivity contribution >= 4 is 21.6 Å². The number of anilines is 1. The summed E-state index contributed by atoms with van der Waals surface area (Å²) in [4.78, 5) is 12.3. The van der Waals surface area contributed by atoms with Crippen molar-refractivity contribution in [1.82, 2.24) is 10.6 Å². The first-order valence-corrected chi connectivity index (χ1v) is 14.7. The molecule has 0 aromatic heterocycles. The van der Waals surface area contributed by atoms with E-state index in [1.807, 2.05) is 26.0 Å². The number of aliphatic hydroxyl groups excluding tert-OH is 1. The van der Waals surface area contributed by atoms with E-state index < -0.39 is 45.1 Å². The molecule has 0 radical (unpaired) electrons. The lowest BCUT2D eigenvalue weighted by molar-refractivity contribution is -0.137. The van der Waals surface area contributed by atoms with Crippen LogP contribution < -0.4 is 15.4 Å². The smallest absolute Gasteiger partial charge is 0.416 e. The number of rotatable bonds is 12. The average molecular weight is 612 g/mol. The maximum atomic E-state index is 13.9. The molecule has 0 aliphatic heterocycles. The number of aromatic hydroxyl groups is 1. The number of β-amino-alcohol motifs (C(OH)–C–C–N with tert-alkyl or cyclic N) is 1. The highest BCUT2D eigenvalue weighted by Gasteiger charge is 2.31. The summed E-state index contributed by atoms with van der Waals surface area (Å²) in [5.74, 6) is -1.58. The van der Waals surface area contributed by atoms with E-state index in [4.69, 9.17) is 0 Å². The zero-order chi connectivity index (χ0) is 31.3. The predicted octanol–water partition coefficient (Wildman–Crippen LogP) is 4.42. The fourth-order valence-electron chi connectivity index (χ4n) is 4.21. The SMILES string of the molecule is CC(C)(Cc1ccc(CC(=O)NCc2cc(C(F)(F)F)ccc2F)cc1)NC[C@H](O)c1ccc(O)c(NS(C)(=O)=O)c1. The van der Waals surface area contributed by atoms with Crippen LogP contribution in [0.4, 0.5) is 23.2 Å². The van der Waals surface area contributed by atoms with Crippen LogP contribution in [0.1, 0.15) is 47.8 Å². The van der Waals surface area contributed by atoms with Crippen LogP contribution in [-0.2, 0) is 40.4 Å². The van der Waals surface area contributed by atoms with Gasteiger partial charge in [0.15, 0.2) is 0 Å². The standard InChI is InChI=1S/C29H33F4N3O5S/c1-28(2,35-17-26(38)20-8-11-25(37)24(14-20)36-42(3,40)41)15-19-6-4-18(5-7-19)12-27(39)34-16-21-13-22(29(31,32)33)9-10-23(21)30/h4-11,13-14,26,35-38H,12,15-17H2,1-3H3,(H,34,39)/t26-/m0/s1. The lowest BCUT2D eigenvalue weighted by Crippen LogP contribution is -2.43. The summed E-state index contributed by atoms with van der Waals surface area (Å²) in [6.45, 7) is 3.63. The minimum atomic E-state index is -4.62. The van der Waals surface area contributed by atoms with E-state index in [-0.39, 0.29) is 36.5 Å². The van der Waals surface area contributed by atoms with Gasteiger partial charge < -0.3 is 20.8 Å². The van der Waals surface area contributed by atoms with E-state index in [1.54, 1.807) is 12.1 Å². The van der Waals surface area contributed by atoms with Gasteiger partial charge in [0.05, 0.1) is 30.0 Å². The highest BCUT2D eigenvalue weighted by Crippen LogP contribution is 2.30. The summed E-state index contributed by atoms with van der Waals surface area (Å²) >= 11 is 0. The van der Waals surface area contributed by atoms with Gasteiger partial charge in [0.25, 0.3) is 0 Å². The Morgan fingerprint density at radius 2 is 1.62 bits per heavy atom. The molecule has 0 aliphatic rings. The molecule has 0 fully saturated rings. The van der Waals surface area contributed by atoms with Gasteiger partial charge in [-0.15, -0.1) is 0 Å². The van der Waals surface area contributed by atoms with Crippen molar-refractivity contribution in [3.05, 3.63) is 94.3 Å². The van der Waals surface area contributed by atoms with E-state index in [1.165, 1.54) is 18.2 Å². The number of hydrogen-bond donors (Lipinski definition) is 5. The van der Waals surface area contributed by atoms with Crippen LogP contribution in [0.15, 0.2) is 60.7 Å². The third kappa shape index (κ3) is 10.00. The normalized spacial score (nSPS) is 13.0. The Bertz CT molecular complexity index is 1510. The molecule has 0 heterocycles. The number of nitrogens with one attached hydrogen (secondary N) is 3. The van der Waals surface area contributed by atoms with Crippen molar-refractivity contribution in [2.45, 2.75) is 51.1 Å². The van der Waals surface area contributed by atoms with Gasteiger partial charge in [-0.3, -0.25) is 9.52 Å². The Hall–Kier alpha value is -3.68. The van der Waals surface area contributed by atoms with Gasteiger partial charge in [-0.25, -0.2) is 12.8 Å². The van der Waals surface area contributed by atoms with Crippen LogP contribution in [0.3, 0.4) is 0 Å². The summed E-state index contributed by atoms with van der Waals surface area (Å²) in [6, 6.07) is 13.4. The number of aliphatic hydroxyl groups is 1. The topological polar surface area (TPSA) is 128 Å². The molecule has 3 aromatic carbocycles. The number of phenols is 1. The minimum absolute atomic E-state index is 0.0371. The van der Waals surface area contributed by atoms with E-state index >= 15 is 0 Å². The second-order valence-corrected chi connectivity index (χ2v) is 12.4. The molecule has 3 aromatic rings. The predicted molar refractivity (Wildman–Crippen MR) is 151 cm³/mol. The first-order valence-electron chi connectivity index (χ1n) is 12.9. The largest absolute Gasteiger partial charge is 0.506 e. The lowest BCUT2D eigenvalue weighted by atomic mass is 9.93. The number of halogens is 4. The zero-order valence-corrected chi connectivity index (χ0v) is 24.0. The summed E-state index contributed by atoms with van der Waals surface area (Å²) in [6.07, 6.45) is -4.15. The number of phenolic OH excluding ortho intramolecular Hbond substituents is 1. The van der Waals surface area contributed by atoms with E-state index in [0.717, 1.165) is 17.9 Å². The lowest BCUT2D eigenvalue weighted by Gasteiger charge is -2.28. The van der Waals surface area contributed by atoms with Gasteiger partial charge in [0.2, 0.25) is 15.9 Å². The minimum Gasteiger partial charge on any atom is -0.506 e. The van der Waals surface area contributed by atoms with Crippen LogP contribution in [0.2, 0.25) is 0 Å². The van der Waals surface area contributed by atoms with Crippen molar-refractivity contribution in [3.8, 4) is 5.75 Å². The first kappa shape index (κ1) is 32.8. The van der Waals surface area contributed by atoms with Crippen LogP contribution in [-0.4, -0.2) is 42.9 Å². The Balaban J connectivity index is 1.52. The molecule has 228 valence electrons. The fraction of sp³-hybridized carbons (Fsp3) is 0.345. The Morgan fingerprint density at radius 3 is 2.24 bits per heavy atom. The molecule has 1 atom stereocenters. The molecule has 0 spiro atoms. The van der Waals surface area contributed by atoms with Crippen LogP contribution in [0.5, 0.6) is 5.75 Å². The van der Waals surface area contributed by atoms with Crippen molar-refractivity contribution in [3.63, 3.8) is 0 Å². The fourth-order valence-corrected chi connectivity index (χ4v) is 4.77. The molecule has 3 rings (SSSR count). The third-order valence-corrected chi connectivity index (χ3v) is 6.95. The third-order valence-electron chi connectivity index (χ3n) is 6.36. The van der Waals surface area contributed by atoms with E-state index in [2.05, 4.69) is 15.4 Å². The van der Waals surface area contributed by atoms with Crippen LogP contribution in [0, 0.1) is 5.82 Å². The summed E-state index contributed by atoms with van der Waals surface area (Å²) in [5.41, 5.74) is 0.233. The van der Waals surface area contributed by atoms with Crippen LogP contribution in [0.25, 0.3) is 0 Å². The van der Waals surface area contributed by atoms with Gasteiger partial charge >= 0.3 is 6.18 Å². The number of hydrogen-bond acceptors (Lipinski definition) is 6. The van der Waals surface area contributed by atoms with Crippen LogP contribution >= 0.6 is 0 Å². The Kier molecular flexibility index (Phi) is 10.2. The molecule has 13 heteroatoms. The van der Waals surface area contributed by atoms with Gasteiger partial charge in [0.1, 0.15) is 11.6 Å². The van der Waals surface area contributed by atoms with Gasteiger partial charge in [-0.2, -0.15) is 13.2 Å². The molecule has 0 aliphatic carbocycles. The molecule has 0 saturated heterocycles. The molecule has 0 bridgehead atoms. The number of carbonyl (C=O) groups excluding carboxylic acids is 1. The van der Waals surface area contributed by atoms with E-state index in [0.29, 0.717) is 29.7 Å². The van der Waals surface area contributed by atoms with Crippen molar-refractivity contribution in [2.24, 2.45) is 0 Å². The highest BCUT2D eigenvalue weighted by molar-refractivity contribution is 7.92. The molecule has 1 amide bonds. The van der Waals surface area contributed by atoms with Crippen molar-refractivity contribution in [1.29, 1.82) is 0 Å². The monoisotopic (exact) mass is 611 g/mol. The second-order valence-electron chi connectivity index (χ2n) is 10.7. The number of benzene rings is 3. The molecular formula is C29H33F4N3O5S. The first-order chi connectivity index (χ1) is 19.4. The Morgan fingerprint density at radius 1 is 0.976 bits per heavy atom. The molecule has 8 nitrogen and oxygen atoms in total. The molecule has 42 heavy (non-hydrogen) atoms. The average Bonchev–Trinajstić information content (AvgIpc) is 2.87. The van der Waals surface area contributed by atoms with E-state index in [9.17, 15) is 41.0 Å².